The topological polar surface area (TPSA) is 12.5 Å². The molecule has 1 aromatic rings. The second-order valence-corrected chi connectivity index (χ2v) is 5.21. The van der Waals surface area contributed by atoms with E-state index in [4.69, 9.17) is 4.74 Å². The average Bonchev–Trinajstić information content (AvgIpc) is 2.29. The van der Waals surface area contributed by atoms with Crippen molar-refractivity contribution in [2.24, 2.45) is 0 Å². The van der Waals surface area contributed by atoms with Crippen LogP contribution in [0.1, 0.15) is 10.8 Å². The van der Waals surface area contributed by atoms with Gasteiger partial charge in [0, 0.05) is 24.1 Å². The van der Waals surface area contributed by atoms with E-state index in [1.165, 1.54) is 17.9 Å². The summed E-state index contributed by atoms with van der Waals surface area (Å²) in [5, 5.41) is 0.596. The second kappa shape index (κ2) is 4.90. The van der Waals surface area contributed by atoms with Gasteiger partial charge < -0.3 is 9.64 Å². The maximum Gasteiger partial charge on any atom is 0.119 e. The number of thioether (sulfide) groups is 1. The van der Waals surface area contributed by atoms with Crippen LogP contribution in [-0.2, 0) is 0 Å². The van der Waals surface area contributed by atoms with Gasteiger partial charge in [-0.05, 0) is 24.7 Å². The summed E-state index contributed by atoms with van der Waals surface area (Å²) in [6.07, 6.45) is 0. The molecular weight excluding hydrogens is 206 g/mol. The van der Waals surface area contributed by atoms with Crippen molar-refractivity contribution >= 4 is 11.8 Å². The second-order valence-electron chi connectivity index (χ2n) is 3.90. The lowest BCUT2D eigenvalue weighted by Gasteiger charge is -2.29. The van der Waals surface area contributed by atoms with Gasteiger partial charge in [0.2, 0.25) is 0 Å². The van der Waals surface area contributed by atoms with E-state index in [1.807, 2.05) is 17.8 Å². The first-order valence-corrected chi connectivity index (χ1v) is 6.28. The van der Waals surface area contributed by atoms with Crippen LogP contribution in [0.3, 0.4) is 0 Å². The van der Waals surface area contributed by atoms with Crippen LogP contribution in [0.25, 0.3) is 0 Å². The Morgan fingerprint density at radius 1 is 1.47 bits per heavy atom. The molecule has 15 heavy (non-hydrogen) atoms. The van der Waals surface area contributed by atoms with Gasteiger partial charge in [-0.1, -0.05) is 12.1 Å². The summed E-state index contributed by atoms with van der Waals surface area (Å²) in [5.74, 6) is 2.18. The minimum atomic E-state index is 0.596. The highest BCUT2D eigenvalue weighted by Gasteiger charge is 2.19. The van der Waals surface area contributed by atoms with Crippen molar-refractivity contribution in [2.75, 3.05) is 33.0 Å². The average molecular weight is 223 g/mol. The maximum atomic E-state index is 5.25. The molecule has 0 aliphatic carbocycles. The smallest absolute Gasteiger partial charge is 0.119 e. The Balaban J connectivity index is 2.13. The third-order valence-corrected chi connectivity index (χ3v) is 3.98. The van der Waals surface area contributed by atoms with Gasteiger partial charge in [0.15, 0.2) is 0 Å². The Morgan fingerprint density at radius 2 is 2.33 bits per heavy atom. The van der Waals surface area contributed by atoms with Crippen LogP contribution in [0.4, 0.5) is 0 Å². The predicted octanol–water partition coefficient (Wildman–Crippen LogP) is 2.41. The van der Waals surface area contributed by atoms with E-state index in [0.29, 0.717) is 5.25 Å². The molecule has 82 valence electrons. The summed E-state index contributed by atoms with van der Waals surface area (Å²) in [5.41, 5.74) is 1.38. The summed E-state index contributed by atoms with van der Waals surface area (Å²) in [4.78, 5) is 2.39. The predicted molar refractivity (Wildman–Crippen MR) is 65.7 cm³/mol. The summed E-state index contributed by atoms with van der Waals surface area (Å²) < 4.78 is 5.25. The number of rotatable bonds is 2. The van der Waals surface area contributed by atoms with E-state index < -0.39 is 0 Å². The Hall–Kier alpha value is -0.670. The molecule has 1 aromatic carbocycles. The Bertz CT molecular complexity index is 329. The number of hydrogen-bond acceptors (Lipinski definition) is 3. The molecule has 1 heterocycles. The van der Waals surface area contributed by atoms with E-state index in [1.54, 1.807) is 7.11 Å². The number of benzene rings is 1. The molecule has 1 unspecified atom stereocenters. The highest BCUT2D eigenvalue weighted by atomic mass is 32.2. The maximum absolute atomic E-state index is 5.25. The van der Waals surface area contributed by atoms with Crippen molar-refractivity contribution in [3.05, 3.63) is 29.8 Å². The number of hydrogen-bond donors (Lipinski definition) is 0. The lowest BCUT2D eigenvalue weighted by molar-refractivity contribution is 0.346. The standard InChI is InChI=1S/C12H17NOS/c1-13-6-7-15-12(9-13)10-4-3-5-11(8-10)14-2/h3-5,8,12H,6-7,9H2,1-2H3. The molecule has 2 nitrogen and oxygen atoms in total. The quantitative estimate of drug-likeness (QED) is 0.764. The molecule has 0 saturated carbocycles. The molecule has 0 bridgehead atoms. The van der Waals surface area contributed by atoms with Gasteiger partial charge in [-0.2, -0.15) is 11.8 Å². The third kappa shape index (κ3) is 2.67. The van der Waals surface area contributed by atoms with Gasteiger partial charge in [-0.3, -0.25) is 0 Å². The van der Waals surface area contributed by atoms with E-state index in [-0.39, 0.29) is 0 Å². The Labute approximate surface area is 95.6 Å². The van der Waals surface area contributed by atoms with Crippen molar-refractivity contribution in [1.82, 2.24) is 4.90 Å². The van der Waals surface area contributed by atoms with Crippen molar-refractivity contribution in [3.8, 4) is 5.75 Å². The zero-order chi connectivity index (χ0) is 10.7. The van der Waals surface area contributed by atoms with Crippen molar-refractivity contribution < 1.29 is 4.74 Å². The van der Waals surface area contributed by atoms with Gasteiger partial charge in [-0.15, -0.1) is 0 Å². The molecular formula is C12H17NOS. The lowest BCUT2D eigenvalue weighted by Crippen LogP contribution is -2.30. The molecule has 1 aliphatic heterocycles. The first kappa shape index (κ1) is 10.8. The van der Waals surface area contributed by atoms with Gasteiger partial charge in [0.1, 0.15) is 5.75 Å². The Kier molecular flexibility index (Phi) is 3.54. The first-order chi connectivity index (χ1) is 7.29. The van der Waals surface area contributed by atoms with Crippen LogP contribution < -0.4 is 4.74 Å². The van der Waals surface area contributed by atoms with Crippen LogP contribution in [0.15, 0.2) is 24.3 Å². The molecule has 2 rings (SSSR count). The molecule has 1 fully saturated rings. The molecule has 0 amide bonds. The zero-order valence-corrected chi connectivity index (χ0v) is 10.1. The molecule has 1 aliphatic rings. The fourth-order valence-corrected chi connectivity index (χ4v) is 3.22. The van der Waals surface area contributed by atoms with Crippen LogP contribution in [-0.4, -0.2) is 37.9 Å². The van der Waals surface area contributed by atoms with E-state index in [9.17, 15) is 0 Å². The summed E-state index contributed by atoms with van der Waals surface area (Å²) in [6, 6.07) is 8.42. The van der Waals surface area contributed by atoms with Gasteiger partial charge in [0.05, 0.1) is 7.11 Å². The van der Waals surface area contributed by atoms with E-state index >= 15 is 0 Å². The number of nitrogens with zero attached hydrogens (tertiary/aromatic N) is 1. The summed E-state index contributed by atoms with van der Waals surface area (Å²) >= 11 is 2.04. The van der Waals surface area contributed by atoms with Crippen molar-refractivity contribution in [2.45, 2.75) is 5.25 Å². The van der Waals surface area contributed by atoms with Gasteiger partial charge in [-0.25, -0.2) is 0 Å². The minimum absolute atomic E-state index is 0.596. The molecule has 0 spiro atoms. The highest BCUT2D eigenvalue weighted by molar-refractivity contribution is 7.99. The highest BCUT2D eigenvalue weighted by Crippen LogP contribution is 2.33. The van der Waals surface area contributed by atoms with Gasteiger partial charge in [0.25, 0.3) is 0 Å². The normalized spacial score (nSPS) is 22.7. The van der Waals surface area contributed by atoms with Crippen LogP contribution in [0.2, 0.25) is 0 Å². The summed E-state index contributed by atoms with van der Waals surface area (Å²) in [7, 11) is 3.91. The van der Waals surface area contributed by atoms with Crippen LogP contribution >= 0.6 is 11.8 Å². The molecule has 1 atom stereocenters. The minimum Gasteiger partial charge on any atom is -0.497 e. The molecule has 0 radical (unpaired) electrons. The number of likely N-dealkylation sites (N-methyl/N-ethyl adjacent to an activating group) is 1. The largest absolute Gasteiger partial charge is 0.497 e. The monoisotopic (exact) mass is 223 g/mol. The molecule has 0 aromatic heterocycles. The zero-order valence-electron chi connectivity index (χ0n) is 9.27. The van der Waals surface area contributed by atoms with Gasteiger partial charge >= 0.3 is 0 Å². The number of ether oxygens (including phenoxy) is 1. The SMILES string of the molecule is COc1cccc(C2CN(C)CCS2)c1. The fourth-order valence-electron chi connectivity index (χ4n) is 1.82. The van der Waals surface area contributed by atoms with Crippen LogP contribution in [0.5, 0.6) is 5.75 Å². The van der Waals surface area contributed by atoms with Crippen molar-refractivity contribution in [3.63, 3.8) is 0 Å². The van der Waals surface area contributed by atoms with E-state index in [0.717, 1.165) is 12.3 Å². The molecule has 1 saturated heterocycles. The summed E-state index contributed by atoms with van der Waals surface area (Å²) in [6.45, 7) is 2.34. The molecule has 0 N–H and O–H groups in total. The third-order valence-electron chi connectivity index (χ3n) is 2.74. The number of methoxy groups -OCH3 is 1. The van der Waals surface area contributed by atoms with E-state index in [2.05, 4.69) is 30.1 Å². The first-order valence-electron chi connectivity index (χ1n) is 5.23. The fraction of sp³-hybridized carbons (Fsp3) is 0.500. The van der Waals surface area contributed by atoms with Crippen LogP contribution in [0, 0.1) is 0 Å². The Morgan fingerprint density at radius 3 is 3.07 bits per heavy atom. The van der Waals surface area contributed by atoms with Crippen molar-refractivity contribution in [1.29, 1.82) is 0 Å². The lowest BCUT2D eigenvalue weighted by atomic mass is 10.1. The molecule has 3 heteroatoms.